The van der Waals surface area contributed by atoms with Crippen LogP contribution in [0.25, 0.3) is 5.76 Å². The third kappa shape index (κ3) is 4.67. The minimum Gasteiger partial charge on any atom is -0.507 e. The molecule has 8 nitrogen and oxygen atoms in total. The number of amides is 1. The number of aromatic nitrogens is 1. The number of rotatable bonds is 6. The maximum absolute atomic E-state index is 13.3. The SMILES string of the molecule is COc1cc(/C(O)=C2\C(=O)C(=O)N(c3cccc(C(=O)OC(C)C)c3)C2c2ccccn2)ccc1Cl. The van der Waals surface area contributed by atoms with Crippen molar-refractivity contribution in [2.24, 2.45) is 0 Å². The minimum absolute atomic E-state index is 0.154. The molecule has 1 N–H and O–H groups in total. The number of aliphatic hydroxyl groups excluding tert-OH is 1. The van der Waals surface area contributed by atoms with Gasteiger partial charge in [0, 0.05) is 17.4 Å². The average molecular weight is 507 g/mol. The summed E-state index contributed by atoms with van der Waals surface area (Å²) in [5.74, 6) is -2.45. The second kappa shape index (κ2) is 10.2. The first-order chi connectivity index (χ1) is 17.2. The van der Waals surface area contributed by atoms with E-state index in [1.165, 1.54) is 42.5 Å². The number of ketones is 1. The number of anilines is 1. The van der Waals surface area contributed by atoms with Gasteiger partial charge in [-0.2, -0.15) is 0 Å². The molecular weight excluding hydrogens is 484 g/mol. The molecular formula is C27H23ClN2O6. The Bertz CT molecular complexity index is 1370. The van der Waals surface area contributed by atoms with Gasteiger partial charge in [0.05, 0.1) is 35.1 Å². The summed E-state index contributed by atoms with van der Waals surface area (Å²) in [6.07, 6.45) is 1.19. The minimum atomic E-state index is -1.05. The topological polar surface area (TPSA) is 106 Å². The number of halogens is 1. The molecule has 0 saturated carbocycles. The van der Waals surface area contributed by atoms with Gasteiger partial charge in [-0.25, -0.2) is 4.79 Å². The molecule has 1 unspecified atom stereocenters. The molecule has 1 amide bonds. The van der Waals surface area contributed by atoms with Crippen molar-refractivity contribution in [1.82, 2.24) is 4.98 Å². The standard InChI is InChI=1S/C27H23ClN2O6/c1-15(2)36-27(34)17-7-6-8-18(13-17)30-23(20-9-4-5-12-29-20)22(25(32)26(30)33)24(31)16-10-11-19(28)21(14-16)35-3/h4-15,23,31H,1-3H3/b24-22+. The predicted molar refractivity (Wildman–Crippen MR) is 134 cm³/mol. The monoisotopic (exact) mass is 506 g/mol. The van der Waals surface area contributed by atoms with Crippen LogP contribution >= 0.6 is 11.6 Å². The van der Waals surface area contributed by atoms with Crippen LogP contribution in [-0.4, -0.2) is 41.0 Å². The van der Waals surface area contributed by atoms with Crippen LogP contribution in [0.5, 0.6) is 5.75 Å². The average Bonchev–Trinajstić information content (AvgIpc) is 3.14. The number of aliphatic hydroxyl groups is 1. The van der Waals surface area contributed by atoms with Crippen molar-refractivity contribution in [2.75, 3.05) is 12.0 Å². The zero-order chi connectivity index (χ0) is 26.0. The van der Waals surface area contributed by atoms with E-state index < -0.39 is 29.5 Å². The van der Waals surface area contributed by atoms with Crippen molar-refractivity contribution in [1.29, 1.82) is 0 Å². The smallest absolute Gasteiger partial charge is 0.338 e. The van der Waals surface area contributed by atoms with Gasteiger partial charge >= 0.3 is 5.97 Å². The van der Waals surface area contributed by atoms with E-state index in [0.29, 0.717) is 16.5 Å². The molecule has 1 atom stereocenters. The summed E-state index contributed by atoms with van der Waals surface area (Å²) in [4.78, 5) is 44.7. The Hall–Kier alpha value is -4.17. The number of Topliss-reactive ketones (excluding diaryl/α,β-unsaturated/α-hetero) is 1. The molecule has 36 heavy (non-hydrogen) atoms. The molecule has 9 heteroatoms. The van der Waals surface area contributed by atoms with Crippen LogP contribution in [0, 0.1) is 0 Å². The number of carbonyl (C=O) groups is 3. The third-order valence-electron chi connectivity index (χ3n) is 5.54. The quantitative estimate of drug-likeness (QED) is 0.218. The van der Waals surface area contributed by atoms with Gasteiger partial charge in [-0.3, -0.25) is 19.5 Å². The molecule has 2 heterocycles. The van der Waals surface area contributed by atoms with E-state index in [0.717, 1.165) is 0 Å². The van der Waals surface area contributed by atoms with Gasteiger partial charge in [-0.1, -0.05) is 23.7 Å². The van der Waals surface area contributed by atoms with Crippen molar-refractivity contribution in [3.8, 4) is 5.75 Å². The third-order valence-corrected chi connectivity index (χ3v) is 5.85. The maximum Gasteiger partial charge on any atom is 0.338 e. The summed E-state index contributed by atoms with van der Waals surface area (Å²) in [5, 5.41) is 11.6. The largest absolute Gasteiger partial charge is 0.507 e. The number of benzene rings is 2. The van der Waals surface area contributed by atoms with E-state index in [-0.39, 0.29) is 28.5 Å². The number of ether oxygens (including phenoxy) is 2. The first-order valence-electron chi connectivity index (χ1n) is 11.1. The molecule has 1 fully saturated rings. The van der Waals surface area contributed by atoms with Crippen LogP contribution in [0.2, 0.25) is 5.02 Å². The van der Waals surface area contributed by atoms with Crippen molar-refractivity contribution < 1.29 is 29.0 Å². The van der Waals surface area contributed by atoms with E-state index in [1.54, 1.807) is 50.2 Å². The molecule has 1 aliphatic heterocycles. The van der Waals surface area contributed by atoms with Crippen LogP contribution in [-0.2, 0) is 14.3 Å². The van der Waals surface area contributed by atoms with Crippen molar-refractivity contribution >= 4 is 40.7 Å². The van der Waals surface area contributed by atoms with E-state index in [2.05, 4.69) is 4.98 Å². The molecule has 1 saturated heterocycles. The predicted octanol–water partition coefficient (Wildman–Crippen LogP) is 4.94. The lowest BCUT2D eigenvalue weighted by atomic mass is 9.98. The fourth-order valence-electron chi connectivity index (χ4n) is 3.94. The van der Waals surface area contributed by atoms with Gasteiger partial charge < -0.3 is 14.6 Å². The summed E-state index contributed by atoms with van der Waals surface area (Å²) in [7, 11) is 1.43. The Labute approximate surface area is 212 Å². The van der Waals surface area contributed by atoms with E-state index in [1.807, 2.05) is 0 Å². The van der Waals surface area contributed by atoms with Crippen molar-refractivity contribution in [2.45, 2.75) is 26.0 Å². The Morgan fingerprint density at radius 2 is 1.83 bits per heavy atom. The number of carbonyl (C=O) groups excluding carboxylic acids is 3. The number of esters is 1. The Morgan fingerprint density at radius 3 is 2.50 bits per heavy atom. The van der Waals surface area contributed by atoms with Crippen LogP contribution in [0.1, 0.15) is 41.5 Å². The summed E-state index contributed by atoms with van der Waals surface area (Å²) >= 11 is 6.11. The normalized spacial score (nSPS) is 16.9. The van der Waals surface area contributed by atoms with Gasteiger partial charge in [-0.15, -0.1) is 0 Å². The molecule has 0 radical (unpaired) electrons. The molecule has 3 aromatic rings. The number of pyridine rings is 1. The van der Waals surface area contributed by atoms with E-state index >= 15 is 0 Å². The Kier molecular flexibility index (Phi) is 7.07. The van der Waals surface area contributed by atoms with Gasteiger partial charge in [0.15, 0.2) is 0 Å². The Balaban J connectivity index is 1.89. The number of methoxy groups -OCH3 is 1. The van der Waals surface area contributed by atoms with E-state index in [4.69, 9.17) is 21.1 Å². The summed E-state index contributed by atoms with van der Waals surface area (Å²) < 4.78 is 10.5. The van der Waals surface area contributed by atoms with Crippen LogP contribution in [0.3, 0.4) is 0 Å². The van der Waals surface area contributed by atoms with Crippen LogP contribution in [0.15, 0.2) is 72.4 Å². The van der Waals surface area contributed by atoms with Crippen LogP contribution in [0.4, 0.5) is 5.69 Å². The zero-order valence-electron chi connectivity index (χ0n) is 19.8. The van der Waals surface area contributed by atoms with Gasteiger partial charge in [0.1, 0.15) is 17.6 Å². The maximum atomic E-state index is 13.3. The fraction of sp³-hybridized carbons (Fsp3) is 0.185. The molecule has 1 aromatic heterocycles. The summed E-state index contributed by atoms with van der Waals surface area (Å²) in [6, 6.07) is 14.7. The molecule has 2 aromatic carbocycles. The fourth-order valence-corrected chi connectivity index (χ4v) is 4.14. The number of nitrogens with zero attached hydrogens (tertiary/aromatic N) is 2. The lowest BCUT2D eigenvalue weighted by Crippen LogP contribution is -2.30. The highest BCUT2D eigenvalue weighted by molar-refractivity contribution is 6.51. The molecule has 184 valence electrons. The molecule has 0 aliphatic carbocycles. The highest BCUT2D eigenvalue weighted by atomic mass is 35.5. The lowest BCUT2D eigenvalue weighted by molar-refractivity contribution is -0.132. The Morgan fingerprint density at radius 1 is 1.06 bits per heavy atom. The van der Waals surface area contributed by atoms with E-state index in [9.17, 15) is 19.5 Å². The second-order valence-corrected chi connectivity index (χ2v) is 8.68. The molecule has 4 rings (SSSR count). The molecule has 0 bridgehead atoms. The van der Waals surface area contributed by atoms with Gasteiger partial charge in [0.25, 0.3) is 11.7 Å². The van der Waals surface area contributed by atoms with Crippen molar-refractivity contribution in [3.63, 3.8) is 0 Å². The lowest BCUT2D eigenvalue weighted by Gasteiger charge is -2.25. The summed E-state index contributed by atoms with van der Waals surface area (Å²) in [5.41, 5.74) is 0.932. The first-order valence-corrected chi connectivity index (χ1v) is 11.5. The highest BCUT2D eigenvalue weighted by Crippen LogP contribution is 2.42. The number of hydrogen-bond donors (Lipinski definition) is 1. The summed E-state index contributed by atoms with van der Waals surface area (Å²) in [6.45, 7) is 3.46. The van der Waals surface area contributed by atoms with Gasteiger partial charge in [-0.05, 0) is 62.4 Å². The van der Waals surface area contributed by atoms with Crippen LogP contribution < -0.4 is 9.64 Å². The van der Waals surface area contributed by atoms with Crippen molar-refractivity contribution in [3.05, 3.63) is 94.3 Å². The molecule has 1 aliphatic rings. The zero-order valence-corrected chi connectivity index (χ0v) is 20.5. The van der Waals surface area contributed by atoms with Gasteiger partial charge in [0.2, 0.25) is 0 Å². The number of hydrogen-bond acceptors (Lipinski definition) is 7. The highest BCUT2D eigenvalue weighted by Gasteiger charge is 2.47. The first kappa shape index (κ1) is 24.9. The molecule has 0 spiro atoms. The second-order valence-electron chi connectivity index (χ2n) is 8.28.